The molecule has 28 heavy (non-hydrogen) atoms. The lowest BCUT2D eigenvalue weighted by Gasteiger charge is -2.26. The molecule has 0 spiro atoms. The van der Waals surface area contributed by atoms with Gasteiger partial charge < -0.3 is 25.7 Å². The standard InChI is InChI=1S/C21H26N4O3/c1-26-17-8-13-9-20(24-19(23)11-16(22)12-6-7-12)25-21(28-14-4-3-5-14)15(13)10-18(17)27-2/h8-12,14H,3-7,22H2,1-2H3,(H2,23,24,25)/b16-11-. The van der Waals surface area contributed by atoms with Crippen molar-refractivity contribution in [1.29, 1.82) is 0 Å². The van der Waals surface area contributed by atoms with Crippen molar-refractivity contribution in [1.82, 2.24) is 4.98 Å². The highest BCUT2D eigenvalue weighted by Crippen LogP contribution is 2.39. The summed E-state index contributed by atoms with van der Waals surface area (Å²) < 4.78 is 17.0. The average molecular weight is 382 g/mol. The number of hydrogen-bond donors (Lipinski definition) is 2. The topological polar surface area (TPSA) is 105 Å². The molecule has 0 radical (unpaired) electrons. The summed E-state index contributed by atoms with van der Waals surface area (Å²) in [6.07, 6.45) is 7.39. The van der Waals surface area contributed by atoms with Crippen molar-refractivity contribution in [3.63, 3.8) is 0 Å². The van der Waals surface area contributed by atoms with Crippen molar-refractivity contribution in [2.45, 2.75) is 38.2 Å². The van der Waals surface area contributed by atoms with Crippen LogP contribution in [0.5, 0.6) is 17.4 Å². The number of rotatable bonds is 7. The molecule has 0 saturated heterocycles. The third-order valence-electron chi connectivity index (χ3n) is 5.22. The molecule has 2 aromatic rings. The lowest BCUT2D eigenvalue weighted by atomic mass is 9.96. The minimum absolute atomic E-state index is 0.186. The van der Waals surface area contributed by atoms with Crippen LogP contribution in [0.1, 0.15) is 32.1 Å². The van der Waals surface area contributed by atoms with E-state index in [-0.39, 0.29) is 6.10 Å². The molecule has 2 fully saturated rings. The van der Waals surface area contributed by atoms with Crippen LogP contribution in [0.2, 0.25) is 0 Å². The van der Waals surface area contributed by atoms with E-state index in [1.165, 1.54) is 6.42 Å². The molecule has 148 valence electrons. The Labute approximate surface area is 164 Å². The van der Waals surface area contributed by atoms with E-state index in [1.807, 2.05) is 18.2 Å². The molecule has 2 aliphatic rings. The second-order valence-corrected chi connectivity index (χ2v) is 7.34. The van der Waals surface area contributed by atoms with Gasteiger partial charge >= 0.3 is 0 Å². The van der Waals surface area contributed by atoms with E-state index in [0.29, 0.717) is 35.0 Å². The van der Waals surface area contributed by atoms with Gasteiger partial charge in [-0.15, -0.1) is 0 Å². The molecular formula is C21H26N4O3. The number of hydrogen-bond acceptors (Lipinski definition) is 6. The van der Waals surface area contributed by atoms with Crippen LogP contribution in [-0.2, 0) is 0 Å². The molecule has 0 bridgehead atoms. The van der Waals surface area contributed by atoms with Gasteiger partial charge in [0, 0.05) is 11.1 Å². The first-order valence-electron chi connectivity index (χ1n) is 9.62. The second kappa shape index (κ2) is 7.58. The Morgan fingerprint density at radius 1 is 1.07 bits per heavy atom. The van der Waals surface area contributed by atoms with Gasteiger partial charge in [-0.05, 0) is 67.7 Å². The largest absolute Gasteiger partial charge is 0.493 e. The molecule has 4 N–H and O–H groups in total. The van der Waals surface area contributed by atoms with Gasteiger partial charge in [-0.2, -0.15) is 4.98 Å². The third-order valence-corrected chi connectivity index (χ3v) is 5.22. The molecule has 1 aromatic carbocycles. The molecule has 2 aliphatic carbocycles. The zero-order valence-corrected chi connectivity index (χ0v) is 16.3. The zero-order chi connectivity index (χ0) is 19.7. The Morgan fingerprint density at radius 3 is 2.39 bits per heavy atom. The normalized spacial score (nSPS) is 18.1. The van der Waals surface area contributed by atoms with Gasteiger partial charge in [-0.1, -0.05) is 0 Å². The molecule has 4 rings (SSSR count). The van der Waals surface area contributed by atoms with Crippen molar-refractivity contribution in [2.75, 3.05) is 14.2 Å². The fourth-order valence-corrected chi connectivity index (χ4v) is 3.20. The molecule has 0 amide bonds. The maximum atomic E-state index is 6.13. The molecule has 1 heterocycles. The van der Waals surface area contributed by atoms with Gasteiger partial charge in [0.15, 0.2) is 17.3 Å². The molecule has 7 heteroatoms. The molecule has 0 aliphatic heterocycles. The van der Waals surface area contributed by atoms with Crippen molar-refractivity contribution in [3.05, 3.63) is 30.0 Å². The van der Waals surface area contributed by atoms with E-state index in [0.717, 1.165) is 42.2 Å². The van der Waals surface area contributed by atoms with Crippen LogP contribution in [0.3, 0.4) is 0 Å². The minimum Gasteiger partial charge on any atom is -0.493 e. The summed E-state index contributed by atoms with van der Waals surface area (Å²) in [4.78, 5) is 9.05. The van der Waals surface area contributed by atoms with Crippen molar-refractivity contribution < 1.29 is 14.2 Å². The van der Waals surface area contributed by atoms with Crippen molar-refractivity contribution in [2.24, 2.45) is 22.4 Å². The fourth-order valence-electron chi connectivity index (χ4n) is 3.20. The van der Waals surface area contributed by atoms with Gasteiger partial charge in [0.05, 0.1) is 14.2 Å². The highest BCUT2D eigenvalue weighted by Gasteiger charge is 2.24. The molecular weight excluding hydrogens is 356 g/mol. The number of nitrogens with two attached hydrogens (primary N) is 2. The highest BCUT2D eigenvalue weighted by atomic mass is 16.5. The smallest absolute Gasteiger partial charge is 0.223 e. The molecule has 0 atom stereocenters. The van der Waals surface area contributed by atoms with Crippen LogP contribution in [0.4, 0.5) is 5.82 Å². The Balaban J connectivity index is 1.76. The summed E-state index contributed by atoms with van der Waals surface area (Å²) >= 11 is 0. The van der Waals surface area contributed by atoms with Crippen LogP contribution in [0.25, 0.3) is 10.8 Å². The summed E-state index contributed by atoms with van der Waals surface area (Å²) in [6, 6.07) is 5.64. The Kier molecular flexibility index (Phi) is 4.98. The van der Waals surface area contributed by atoms with E-state index >= 15 is 0 Å². The summed E-state index contributed by atoms with van der Waals surface area (Å²) in [5.74, 6) is 3.06. The second-order valence-electron chi connectivity index (χ2n) is 7.34. The number of benzene rings is 1. The summed E-state index contributed by atoms with van der Waals surface area (Å²) in [7, 11) is 3.22. The Bertz CT molecular complexity index is 946. The number of methoxy groups -OCH3 is 2. The number of aromatic nitrogens is 1. The predicted molar refractivity (Wildman–Crippen MR) is 109 cm³/mol. The van der Waals surface area contributed by atoms with E-state index in [1.54, 1.807) is 20.3 Å². The van der Waals surface area contributed by atoms with Gasteiger partial charge in [-0.25, -0.2) is 4.99 Å². The first kappa shape index (κ1) is 18.4. The van der Waals surface area contributed by atoms with Crippen LogP contribution in [0.15, 0.2) is 35.0 Å². The number of allylic oxidation sites excluding steroid dienone is 1. The number of nitrogens with zero attached hydrogens (tertiary/aromatic N) is 2. The summed E-state index contributed by atoms with van der Waals surface area (Å²) in [5.41, 5.74) is 12.9. The van der Waals surface area contributed by atoms with E-state index in [4.69, 9.17) is 25.7 Å². The Morgan fingerprint density at radius 2 is 1.79 bits per heavy atom. The number of pyridine rings is 1. The maximum absolute atomic E-state index is 6.13. The average Bonchev–Trinajstić information content (AvgIpc) is 3.48. The van der Waals surface area contributed by atoms with Gasteiger partial charge in [-0.3, -0.25) is 0 Å². The van der Waals surface area contributed by atoms with Gasteiger partial charge in [0.2, 0.25) is 5.88 Å². The van der Waals surface area contributed by atoms with Crippen molar-refractivity contribution in [3.8, 4) is 17.4 Å². The predicted octanol–water partition coefficient (Wildman–Crippen LogP) is 3.42. The van der Waals surface area contributed by atoms with Crippen LogP contribution in [-0.4, -0.2) is 31.1 Å². The maximum Gasteiger partial charge on any atom is 0.223 e. The molecule has 2 saturated carbocycles. The Hall–Kier alpha value is -2.96. The number of fused-ring (bicyclic) bond motifs is 1. The van der Waals surface area contributed by atoms with E-state index < -0.39 is 0 Å². The molecule has 1 aromatic heterocycles. The zero-order valence-electron chi connectivity index (χ0n) is 16.3. The minimum atomic E-state index is 0.186. The molecule has 7 nitrogen and oxygen atoms in total. The monoisotopic (exact) mass is 382 g/mol. The summed E-state index contributed by atoms with van der Waals surface area (Å²) in [5, 5.41) is 1.75. The first-order chi connectivity index (χ1) is 13.6. The summed E-state index contributed by atoms with van der Waals surface area (Å²) in [6.45, 7) is 0. The van der Waals surface area contributed by atoms with E-state index in [9.17, 15) is 0 Å². The fraction of sp³-hybridized carbons (Fsp3) is 0.429. The third kappa shape index (κ3) is 3.83. The number of ether oxygens (including phenoxy) is 3. The van der Waals surface area contributed by atoms with Crippen LogP contribution >= 0.6 is 0 Å². The number of aliphatic imine (C=N–C) groups is 1. The first-order valence-corrected chi connectivity index (χ1v) is 9.62. The van der Waals surface area contributed by atoms with E-state index in [2.05, 4.69) is 9.98 Å². The van der Waals surface area contributed by atoms with Crippen molar-refractivity contribution >= 4 is 22.4 Å². The van der Waals surface area contributed by atoms with Crippen LogP contribution < -0.4 is 25.7 Å². The number of amidine groups is 1. The van der Waals surface area contributed by atoms with Crippen LogP contribution in [0, 0.1) is 5.92 Å². The quantitative estimate of drug-likeness (QED) is 0.561. The molecule has 0 unspecified atom stereocenters. The highest BCUT2D eigenvalue weighted by molar-refractivity contribution is 5.96. The van der Waals surface area contributed by atoms with Gasteiger partial charge in [0.25, 0.3) is 0 Å². The van der Waals surface area contributed by atoms with Gasteiger partial charge in [0.1, 0.15) is 11.9 Å². The lowest BCUT2D eigenvalue weighted by Crippen LogP contribution is -2.25. The SMILES string of the molecule is COc1cc2cc(/N=C(N)\C=C(/N)C3CC3)nc(OC3CCC3)c2cc1OC. The lowest BCUT2D eigenvalue weighted by molar-refractivity contribution is 0.117.